The molecule has 172 valence electrons. The zero-order valence-corrected chi connectivity index (χ0v) is 19.2. The number of para-hydroxylation sites is 2. The molecule has 4 aromatic rings. The molecule has 3 aromatic carbocycles. The van der Waals surface area contributed by atoms with Crippen LogP contribution in [0.5, 0.6) is 11.5 Å². The lowest BCUT2D eigenvalue weighted by Crippen LogP contribution is -2.17. The second-order valence-corrected chi connectivity index (χ2v) is 8.13. The number of ether oxygens (including phenoxy) is 1. The number of amides is 1. The fraction of sp³-hybridized carbons (Fsp3) is 0.0833. The minimum Gasteiger partial charge on any atom is -0.457 e. The zero-order valence-electron chi connectivity index (χ0n) is 18.4. The van der Waals surface area contributed by atoms with Crippen LogP contribution in [0, 0.1) is 6.92 Å². The van der Waals surface area contributed by atoms with Gasteiger partial charge in [-0.25, -0.2) is 10.1 Å². The van der Waals surface area contributed by atoms with Gasteiger partial charge >= 0.3 is 0 Å². The van der Waals surface area contributed by atoms with E-state index in [4.69, 9.17) is 10.6 Å². The molecule has 0 spiro atoms. The number of aromatic nitrogens is 3. The monoisotopic (exact) mass is 473 g/mol. The van der Waals surface area contributed by atoms with Crippen molar-refractivity contribution in [1.29, 1.82) is 0 Å². The van der Waals surface area contributed by atoms with E-state index in [1.165, 1.54) is 16.4 Å². The number of hydrogen-bond acceptors (Lipinski definition) is 8. The van der Waals surface area contributed by atoms with Crippen LogP contribution in [-0.4, -0.2) is 32.7 Å². The zero-order chi connectivity index (χ0) is 23.8. The van der Waals surface area contributed by atoms with Crippen LogP contribution in [0.4, 0.5) is 11.6 Å². The molecule has 4 N–H and O–H groups in total. The molecule has 1 heterocycles. The standard InChI is InChI=1S/C24H23N7O2S/c1-17-8-5-6-13-21(17)27-22(32)16-34-24-30-29-23(31(24)25)28-26-15-18-9-7-12-20(14-18)33-19-10-3-2-4-11-19/h2-15H,16,25H2,1H3,(H,27,32)(H,28,29)/b26-15+. The summed E-state index contributed by atoms with van der Waals surface area (Å²) < 4.78 is 7.08. The lowest BCUT2D eigenvalue weighted by molar-refractivity contribution is -0.113. The highest BCUT2D eigenvalue weighted by molar-refractivity contribution is 7.99. The number of carbonyl (C=O) groups is 1. The van der Waals surface area contributed by atoms with Gasteiger partial charge in [0.25, 0.3) is 5.95 Å². The third-order valence-electron chi connectivity index (χ3n) is 4.63. The number of thioether (sulfide) groups is 1. The van der Waals surface area contributed by atoms with Crippen LogP contribution in [0.1, 0.15) is 11.1 Å². The molecule has 0 bridgehead atoms. The Labute approximate surface area is 201 Å². The Balaban J connectivity index is 1.31. The van der Waals surface area contributed by atoms with Crippen LogP contribution in [0.2, 0.25) is 0 Å². The molecule has 0 aliphatic rings. The molecule has 34 heavy (non-hydrogen) atoms. The maximum Gasteiger partial charge on any atom is 0.264 e. The Hall–Kier alpha value is -4.31. The second kappa shape index (κ2) is 11.0. The predicted octanol–water partition coefficient (Wildman–Crippen LogP) is 4.27. The first-order chi connectivity index (χ1) is 16.6. The Morgan fingerprint density at radius 1 is 1.06 bits per heavy atom. The molecule has 9 nitrogen and oxygen atoms in total. The topological polar surface area (TPSA) is 119 Å². The number of carbonyl (C=O) groups excluding carboxylic acids is 1. The fourth-order valence-corrected chi connectivity index (χ4v) is 3.59. The van der Waals surface area contributed by atoms with E-state index in [-0.39, 0.29) is 17.6 Å². The summed E-state index contributed by atoms with van der Waals surface area (Å²) in [5, 5.41) is 15.4. The summed E-state index contributed by atoms with van der Waals surface area (Å²) in [6, 6.07) is 24.6. The van der Waals surface area contributed by atoms with Gasteiger partial charge in [0.2, 0.25) is 11.1 Å². The van der Waals surface area contributed by atoms with Crippen molar-refractivity contribution in [3.05, 3.63) is 90.0 Å². The van der Waals surface area contributed by atoms with Gasteiger partial charge in [0.05, 0.1) is 12.0 Å². The van der Waals surface area contributed by atoms with Crippen molar-refractivity contribution in [3.63, 3.8) is 0 Å². The maximum absolute atomic E-state index is 12.2. The van der Waals surface area contributed by atoms with Gasteiger partial charge in [-0.05, 0) is 48.4 Å². The highest BCUT2D eigenvalue weighted by atomic mass is 32.2. The van der Waals surface area contributed by atoms with Crippen molar-refractivity contribution in [2.75, 3.05) is 22.3 Å². The third-order valence-corrected chi connectivity index (χ3v) is 5.57. The first-order valence-corrected chi connectivity index (χ1v) is 11.4. The molecule has 0 saturated carbocycles. The fourth-order valence-electron chi connectivity index (χ4n) is 2.93. The summed E-state index contributed by atoms with van der Waals surface area (Å²) in [6.07, 6.45) is 1.62. The normalized spacial score (nSPS) is 10.9. The van der Waals surface area contributed by atoms with Gasteiger partial charge in [-0.3, -0.25) is 4.79 Å². The summed E-state index contributed by atoms with van der Waals surface area (Å²) in [7, 11) is 0. The number of aryl methyl sites for hydroxylation is 1. The molecule has 0 aliphatic carbocycles. The number of nitrogens with two attached hydrogens (primary N) is 1. The van der Waals surface area contributed by atoms with Crippen LogP contribution >= 0.6 is 11.8 Å². The van der Waals surface area contributed by atoms with E-state index in [0.29, 0.717) is 10.9 Å². The number of hydrogen-bond donors (Lipinski definition) is 3. The van der Waals surface area contributed by atoms with Gasteiger partial charge < -0.3 is 15.9 Å². The van der Waals surface area contributed by atoms with Crippen molar-refractivity contribution in [2.45, 2.75) is 12.1 Å². The second-order valence-electron chi connectivity index (χ2n) is 7.19. The van der Waals surface area contributed by atoms with Crippen LogP contribution in [-0.2, 0) is 4.79 Å². The van der Waals surface area contributed by atoms with Crippen LogP contribution < -0.4 is 21.3 Å². The van der Waals surface area contributed by atoms with Crippen LogP contribution in [0.15, 0.2) is 89.1 Å². The summed E-state index contributed by atoms with van der Waals surface area (Å²) in [5.74, 6) is 7.71. The van der Waals surface area contributed by atoms with Crippen molar-refractivity contribution in [3.8, 4) is 11.5 Å². The molecule has 0 aliphatic heterocycles. The Kier molecular flexibility index (Phi) is 7.41. The number of nitrogens with zero attached hydrogens (tertiary/aromatic N) is 4. The largest absolute Gasteiger partial charge is 0.457 e. The maximum atomic E-state index is 12.2. The number of hydrazone groups is 1. The van der Waals surface area contributed by atoms with Gasteiger partial charge in [0.1, 0.15) is 11.5 Å². The van der Waals surface area contributed by atoms with Crippen LogP contribution in [0.3, 0.4) is 0 Å². The summed E-state index contributed by atoms with van der Waals surface area (Å²) >= 11 is 1.18. The number of nitrogen functional groups attached to an aromatic ring is 1. The summed E-state index contributed by atoms with van der Waals surface area (Å²) in [6.45, 7) is 1.93. The van der Waals surface area contributed by atoms with E-state index < -0.39 is 0 Å². The van der Waals surface area contributed by atoms with Gasteiger partial charge in [-0.1, -0.05) is 60.3 Å². The molecule has 0 unspecified atom stereocenters. The SMILES string of the molecule is Cc1ccccc1NC(=O)CSc1nnc(N/N=C/c2cccc(Oc3ccccc3)c2)n1N. The first-order valence-electron chi connectivity index (χ1n) is 10.4. The smallest absolute Gasteiger partial charge is 0.264 e. The van der Waals surface area contributed by atoms with E-state index in [1.54, 1.807) is 6.21 Å². The van der Waals surface area contributed by atoms with E-state index >= 15 is 0 Å². The van der Waals surface area contributed by atoms with Gasteiger partial charge in [-0.15, -0.1) is 10.2 Å². The highest BCUT2D eigenvalue weighted by Crippen LogP contribution is 2.22. The number of nitrogens with one attached hydrogen (secondary N) is 2. The minimum absolute atomic E-state index is 0.140. The van der Waals surface area contributed by atoms with Crippen molar-refractivity contribution >= 4 is 35.5 Å². The Morgan fingerprint density at radius 3 is 2.65 bits per heavy atom. The van der Waals surface area contributed by atoms with E-state index in [2.05, 4.69) is 26.0 Å². The molecule has 0 saturated heterocycles. The van der Waals surface area contributed by atoms with E-state index in [9.17, 15) is 4.79 Å². The lowest BCUT2D eigenvalue weighted by Gasteiger charge is -2.07. The molecule has 1 aromatic heterocycles. The lowest BCUT2D eigenvalue weighted by atomic mass is 10.2. The van der Waals surface area contributed by atoms with Crippen molar-refractivity contribution < 1.29 is 9.53 Å². The molecule has 4 rings (SSSR count). The van der Waals surface area contributed by atoms with Crippen molar-refractivity contribution in [1.82, 2.24) is 14.9 Å². The van der Waals surface area contributed by atoms with Gasteiger partial charge in [0, 0.05) is 5.69 Å². The van der Waals surface area contributed by atoms with Gasteiger partial charge in [0.15, 0.2) is 0 Å². The molecule has 0 radical (unpaired) electrons. The molecular formula is C24H23N7O2S. The van der Waals surface area contributed by atoms with Gasteiger partial charge in [-0.2, -0.15) is 5.10 Å². The van der Waals surface area contributed by atoms with E-state index in [1.807, 2.05) is 85.8 Å². The quantitative estimate of drug-likeness (QED) is 0.144. The number of benzene rings is 3. The molecule has 0 fully saturated rings. The Morgan fingerprint density at radius 2 is 1.82 bits per heavy atom. The average Bonchev–Trinajstić information content (AvgIpc) is 3.19. The molecular weight excluding hydrogens is 450 g/mol. The third kappa shape index (κ3) is 6.14. The Bertz CT molecular complexity index is 1290. The van der Waals surface area contributed by atoms with Crippen molar-refractivity contribution in [2.24, 2.45) is 5.10 Å². The minimum atomic E-state index is -0.160. The number of anilines is 2. The first kappa shape index (κ1) is 22.9. The molecule has 10 heteroatoms. The van der Waals surface area contributed by atoms with E-state index in [0.717, 1.165) is 22.6 Å². The molecule has 1 amide bonds. The molecule has 0 atom stereocenters. The summed E-state index contributed by atoms with van der Waals surface area (Å²) in [4.78, 5) is 12.2. The highest BCUT2D eigenvalue weighted by Gasteiger charge is 2.12. The summed E-state index contributed by atoms with van der Waals surface area (Å²) in [5.41, 5.74) is 5.36. The number of rotatable bonds is 9. The average molecular weight is 474 g/mol. The predicted molar refractivity (Wildman–Crippen MR) is 135 cm³/mol. The van der Waals surface area contributed by atoms with Crippen LogP contribution in [0.25, 0.3) is 0 Å².